The van der Waals surface area contributed by atoms with Gasteiger partial charge >= 0.3 is 0 Å². The van der Waals surface area contributed by atoms with Gasteiger partial charge in [-0.15, -0.1) is 0 Å². The molecule has 2 amide bonds. The van der Waals surface area contributed by atoms with E-state index in [-0.39, 0.29) is 41.3 Å². The highest BCUT2D eigenvalue weighted by atomic mass is 35.5. The van der Waals surface area contributed by atoms with E-state index < -0.39 is 23.7 Å². The number of anilines is 1. The summed E-state index contributed by atoms with van der Waals surface area (Å²) in [6, 6.07) is 6.02. The van der Waals surface area contributed by atoms with Gasteiger partial charge in [0.2, 0.25) is 5.91 Å². The van der Waals surface area contributed by atoms with Crippen LogP contribution < -0.4 is 4.90 Å². The number of carbonyl (C=O) groups excluding carboxylic acids is 2. The number of benzene rings is 1. The second kappa shape index (κ2) is 8.15. The molecule has 4 rings (SSSR count). The van der Waals surface area contributed by atoms with E-state index in [0.29, 0.717) is 5.56 Å². The number of piperazine rings is 1. The average molecular weight is 452 g/mol. The Kier molecular flexibility index (Phi) is 5.68. The minimum Gasteiger partial charge on any atom is -0.324 e. The topological polar surface area (TPSA) is 53.5 Å². The highest BCUT2D eigenvalue weighted by Gasteiger charge is 2.46. The summed E-state index contributed by atoms with van der Waals surface area (Å²) in [4.78, 5) is 32.8. The van der Waals surface area contributed by atoms with Gasteiger partial charge in [-0.2, -0.15) is 0 Å². The summed E-state index contributed by atoms with van der Waals surface area (Å²) >= 11 is 5.76. The lowest BCUT2D eigenvalue weighted by molar-refractivity contribution is -0.147. The van der Waals surface area contributed by atoms with Crippen LogP contribution in [0.2, 0.25) is 5.02 Å². The molecule has 1 aliphatic heterocycles. The number of alkyl halides is 2. The van der Waals surface area contributed by atoms with E-state index in [1.54, 1.807) is 0 Å². The van der Waals surface area contributed by atoms with Crippen LogP contribution in [0, 0.1) is 11.7 Å². The maximum Gasteiger partial charge on any atom is 0.270 e. The molecule has 1 saturated carbocycles. The third kappa shape index (κ3) is 4.26. The molecule has 2 aliphatic rings. The van der Waals surface area contributed by atoms with Crippen LogP contribution in [-0.4, -0.2) is 34.3 Å². The van der Waals surface area contributed by atoms with Crippen molar-refractivity contribution in [2.75, 3.05) is 11.4 Å². The lowest BCUT2D eigenvalue weighted by atomic mass is 9.77. The van der Waals surface area contributed by atoms with Gasteiger partial charge in [-0.3, -0.25) is 14.5 Å². The lowest BCUT2D eigenvalue weighted by Crippen LogP contribution is -2.63. The Morgan fingerprint density at radius 2 is 1.87 bits per heavy atom. The van der Waals surface area contributed by atoms with Crippen LogP contribution in [0.1, 0.15) is 37.3 Å². The number of amides is 2. The van der Waals surface area contributed by atoms with E-state index in [1.807, 2.05) is 0 Å². The molecule has 0 radical (unpaired) electrons. The molecule has 1 aromatic carbocycles. The third-order valence-corrected chi connectivity index (χ3v) is 6.13. The van der Waals surface area contributed by atoms with Crippen molar-refractivity contribution in [3.05, 3.63) is 58.5 Å². The summed E-state index contributed by atoms with van der Waals surface area (Å²) < 4.78 is 41.4. The second-order valence-corrected chi connectivity index (χ2v) is 8.56. The Labute approximate surface area is 182 Å². The van der Waals surface area contributed by atoms with Crippen LogP contribution in [0.25, 0.3) is 0 Å². The molecular formula is C22H21ClF3N3O2. The zero-order chi connectivity index (χ0) is 22.3. The smallest absolute Gasteiger partial charge is 0.270 e. The fraction of sp³-hybridized carbons (Fsp3) is 0.409. The number of halogens is 4. The molecular weight excluding hydrogens is 431 g/mol. The van der Waals surface area contributed by atoms with Gasteiger partial charge in [0.25, 0.3) is 11.8 Å². The fourth-order valence-corrected chi connectivity index (χ4v) is 4.18. The van der Waals surface area contributed by atoms with Gasteiger partial charge in [0.15, 0.2) is 11.6 Å². The van der Waals surface area contributed by atoms with E-state index in [4.69, 9.17) is 11.6 Å². The summed E-state index contributed by atoms with van der Waals surface area (Å²) in [5.41, 5.74) is 0.519. The predicted molar refractivity (Wildman–Crippen MR) is 109 cm³/mol. The van der Waals surface area contributed by atoms with Gasteiger partial charge in [0.05, 0.1) is 5.02 Å². The zero-order valence-electron chi connectivity index (χ0n) is 16.8. The molecule has 164 valence electrons. The van der Waals surface area contributed by atoms with Gasteiger partial charge < -0.3 is 4.90 Å². The molecule has 0 bridgehead atoms. The average Bonchev–Trinajstić information content (AvgIpc) is 2.66. The number of carbonyl (C=O) groups is 2. The van der Waals surface area contributed by atoms with Gasteiger partial charge in [-0.25, -0.2) is 18.2 Å². The quantitative estimate of drug-likeness (QED) is 0.671. The minimum atomic E-state index is -2.96. The number of rotatable bonds is 5. The number of nitrogens with zero attached hydrogens (tertiary/aromatic N) is 3. The summed E-state index contributed by atoms with van der Waals surface area (Å²) in [5.74, 6) is -4.73. The first-order chi connectivity index (χ1) is 14.6. The molecule has 0 N–H and O–H groups in total. The molecule has 1 saturated heterocycles. The molecule has 9 heteroatoms. The molecule has 0 unspecified atom stereocenters. The Balaban J connectivity index is 1.61. The first-order valence-electron chi connectivity index (χ1n) is 10.0. The summed E-state index contributed by atoms with van der Waals surface area (Å²) in [5, 5.41) is 0.0929. The summed E-state index contributed by atoms with van der Waals surface area (Å²) in [7, 11) is 0. The van der Waals surface area contributed by atoms with Crippen molar-refractivity contribution in [1.82, 2.24) is 9.88 Å². The van der Waals surface area contributed by atoms with Crippen molar-refractivity contribution in [2.24, 2.45) is 5.92 Å². The highest BCUT2D eigenvalue weighted by molar-refractivity contribution is 6.30. The van der Waals surface area contributed by atoms with Gasteiger partial charge in [-0.05, 0) is 30.4 Å². The monoisotopic (exact) mass is 451 g/mol. The second-order valence-electron chi connectivity index (χ2n) is 8.13. The van der Waals surface area contributed by atoms with Crippen LogP contribution in [-0.2, 0) is 22.1 Å². The van der Waals surface area contributed by atoms with Crippen molar-refractivity contribution in [3.8, 4) is 0 Å². The standard InChI is InChI=1S/C22H21ClF3N3O2/c1-22(25,26)15-7-5-13(6-8-15)11-28-18(30)12-29(20-17(24)9-16(23)10-27-20)21(31)19(28)14-3-2-4-14/h5-10,14,19H,2-4,11-12H2,1H3/t19-/m0/s1. The molecule has 0 spiro atoms. The van der Waals surface area contributed by atoms with Crippen molar-refractivity contribution in [2.45, 2.75) is 44.7 Å². The van der Waals surface area contributed by atoms with Crippen LogP contribution in [0.15, 0.2) is 36.5 Å². The van der Waals surface area contributed by atoms with Crippen molar-refractivity contribution in [1.29, 1.82) is 0 Å². The van der Waals surface area contributed by atoms with Crippen molar-refractivity contribution >= 4 is 29.2 Å². The Morgan fingerprint density at radius 3 is 2.42 bits per heavy atom. The molecule has 1 aromatic heterocycles. The van der Waals surface area contributed by atoms with Gasteiger partial charge in [-0.1, -0.05) is 42.3 Å². The van der Waals surface area contributed by atoms with E-state index in [9.17, 15) is 22.8 Å². The Morgan fingerprint density at radius 1 is 1.19 bits per heavy atom. The van der Waals surface area contributed by atoms with Crippen LogP contribution in [0.4, 0.5) is 19.0 Å². The molecule has 1 atom stereocenters. The first kappa shape index (κ1) is 21.6. The number of hydrogen-bond donors (Lipinski definition) is 0. The zero-order valence-corrected chi connectivity index (χ0v) is 17.6. The van der Waals surface area contributed by atoms with Gasteiger partial charge in [0.1, 0.15) is 12.6 Å². The predicted octanol–water partition coefficient (Wildman–Crippen LogP) is 4.53. The van der Waals surface area contributed by atoms with Crippen molar-refractivity contribution in [3.63, 3.8) is 0 Å². The molecule has 1 aliphatic carbocycles. The lowest BCUT2D eigenvalue weighted by Gasteiger charge is -2.45. The Bertz CT molecular complexity index is 1010. The maximum absolute atomic E-state index is 14.4. The van der Waals surface area contributed by atoms with E-state index >= 15 is 0 Å². The summed E-state index contributed by atoms with van der Waals surface area (Å²) in [6.07, 6.45) is 3.74. The summed E-state index contributed by atoms with van der Waals surface area (Å²) in [6.45, 7) is 0.588. The number of pyridine rings is 1. The minimum absolute atomic E-state index is 0.0335. The van der Waals surface area contributed by atoms with E-state index in [0.717, 1.165) is 37.2 Å². The van der Waals surface area contributed by atoms with Crippen LogP contribution >= 0.6 is 11.6 Å². The van der Waals surface area contributed by atoms with Crippen LogP contribution in [0.5, 0.6) is 0 Å². The SMILES string of the molecule is CC(F)(F)c1ccc(CN2C(=O)CN(c3ncc(Cl)cc3F)C(=O)[C@@H]2C2CCC2)cc1. The molecule has 2 heterocycles. The Hall–Kier alpha value is -2.61. The number of hydrogen-bond acceptors (Lipinski definition) is 3. The first-order valence-corrected chi connectivity index (χ1v) is 10.4. The fourth-order valence-electron chi connectivity index (χ4n) is 4.04. The normalized spacial score (nSPS) is 20.2. The highest BCUT2D eigenvalue weighted by Crippen LogP contribution is 2.37. The molecule has 31 heavy (non-hydrogen) atoms. The van der Waals surface area contributed by atoms with Gasteiger partial charge in [0, 0.05) is 25.2 Å². The van der Waals surface area contributed by atoms with Crippen LogP contribution in [0.3, 0.4) is 0 Å². The molecule has 5 nitrogen and oxygen atoms in total. The van der Waals surface area contributed by atoms with E-state index in [1.165, 1.54) is 35.4 Å². The third-order valence-electron chi connectivity index (χ3n) is 5.92. The largest absolute Gasteiger partial charge is 0.324 e. The van der Waals surface area contributed by atoms with Crippen molar-refractivity contribution < 1.29 is 22.8 Å². The number of aromatic nitrogens is 1. The molecule has 2 fully saturated rings. The maximum atomic E-state index is 14.4. The molecule has 2 aromatic rings. The van der Waals surface area contributed by atoms with E-state index in [2.05, 4.69) is 4.98 Å².